The number of carbonyl (C=O) groups is 1. The van der Waals surface area contributed by atoms with E-state index in [1.54, 1.807) is 6.92 Å². The van der Waals surface area contributed by atoms with Gasteiger partial charge in [-0.2, -0.15) is 0 Å². The van der Waals surface area contributed by atoms with E-state index in [0.29, 0.717) is 12.3 Å². The first kappa shape index (κ1) is 9.03. The largest absolute Gasteiger partial charge is 0.464 e. The molecule has 1 N–H and O–H groups in total. The van der Waals surface area contributed by atoms with E-state index in [1.165, 1.54) is 0 Å². The van der Waals surface area contributed by atoms with E-state index in [9.17, 15) is 4.79 Å². The fourth-order valence-electron chi connectivity index (χ4n) is 1.41. The van der Waals surface area contributed by atoms with Gasteiger partial charge in [-0.3, -0.25) is 10.2 Å². The molecular weight excluding hydrogens is 156 g/mol. The first-order valence-electron chi connectivity index (χ1n) is 4.13. The van der Waals surface area contributed by atoms with Gasteiger partial charge in [0.05, 0.1) is 5.84 Å². The van der Waals surface area contributed by atoms with Crippen molar-refractivity contribution < 1.29 is 9.53 Å². The zero-order chi connectivity index (χ0) is 8.97. The summed E-state index contributed by atoms with van der Waals surface area (Å²) in [4.78, 5) is 12.0. The predicted molar refractivity (Wildman–Crippen MR) is 45.1 cm³/mol. The van der Waals surface area contributed by atoms with Crippen molar-refractivity contribution in [2.75, 3.05) is 13.1 Å². The zero-order valence-electron chi connectivity index (χ0n) is 7.25. The number of carbonyl (C=O) groups excluding carboxylic acids is 1. The molecule has 68 valence electrons. The first-order valence-corrected chi connectivity index (χ1v) is 4.13. The molecule has 0 atom stereocenters. The molecule has 0 spiro atoms. The summed E-state index contributed by atoms with van der Waals surface area (Å²) in [6, 6.07) is 0. The van der Waals surface area contributed by atoms with Crippen LogP contribution in [0.2, 0.25) is 0 Å². The van der Waals surface area contributed by atoms with Gasteiger partial charge in [-0.1, -0.05) is 0 Å². The van der Waals surface area contributed by atoms with E-state index in [-0.39, 0.29) is 6.10 Å². The van der Waals surface area contributed by atoms with Gasteiger partial charge in [-0.05, 0) is 6.92 Å². The summed E-state index contributed by atoms with van der Waals surface area (Å²) < 4.78 is 4.83. The molecule has 0 aromatic carbocycles. The number of hydrogen-bond acceptors (Lipinski definition) is 3. The van der Waals surface area contributed by atoms with Crippen LogP contribution in [0.25, 0.3) is 0 Å². The van der Waals surface area contributed by atoms with Crippen LogP contribution in [-0.2, 0) is 9.53 Å². The minimum absolute atomic E-state index is 0.0677. The Morgan fingerprint density at radius 3 is 2.58 bits per heavy atom. The van der Waals surface area contributed by atoms with Crippen LogP contribution in [-0.4, -0.2) is 36.4 Å². The van der Waals surface area contributed by atoms with Gasteiger partial charge < -0.3 is 9.64 Å². The van der Waals surface area contributed by atoms with E-state index in [0.717, 1.165) is 25.9 Å². The third kappa shape index (κ3) is 2.22. The Balaban J connectivity index is 2.29. The number of amidine groups is 1. The topological polar surface area (TPSA) is 53.4 Å². The molecule has 1 rings (SSSR count). The standard InChI is InChI=1S/C8H14N2O2/c1-7(9)10-4-2-8(3-5-10)12-6-11/h6,8-9H,2-5H2,1H3. The van der Waals surface area contributed by atoms with Crippen molar-refractivity contribution >= 4 is 12.3 Å². The third-order valence-electron chi connectivity index (χ3n) is 2.16. The molecule has 12 heavy (non-hydrogen) atoms. The van der Waals surface area contributed by atoms with Gasteiger partial charge in [0.15, 0.2) is 0 Å². The van der Waals surface area contributed by atoms with Crippen molar-refractivity contribution in [3.8, 4) is 0 Å². The summed E-state index contributed by atoms with van der Waals surface area (Å²) in [6.07, 6.45) is 1.75. The Morgan fingerprint density at radius 2 is 2.17 bits per heavy atom. The minimum atomic E-state index is 0.0677. The molecule has 1 aliphatic rings. The summed E-state index contributed by atoms with van der Waals surface area (Å²) in [5.74, 6) is 0.597. The number of likely N-dealkylation sites (tertiary alicyclic amines) is 1. The van der Waals surface area contributed by atoms with Gasteiger partial charge >= 0.3 is 0 Å². The number of nitrogens with zero attached hydrogens (tertiary/aromatic N) is 1. The number of ether oxygens (including phenoxy) is 1. The highest BCUT2D eigenvalue weighted by Gasteiger charge is 2.19. The lowest BCUT2D eigenvalue weighted by molar-refractivity contribution is -0.135. The Kier molecular flexibility index (Phi) is 3.08. The van der Waals surface area contributed by atoms with Gasteiger partial charge in [0.2, 0.25) is 0 Å². The molecule has 0 bridgehead atoms. The summed E-state index contributed by atoms with van der Waals surface area (Å²) in [7, 11) is 0. The minimum Gasteiger partial charge on any atom is -0.464 e. The fourth-order valence-corrected chi connectivity index (χ4v) is 1.41. The van der Waals surface area contributed by atoms with Crippen LogP contribution in [0.5, 0.6) is 0 Å². The molecule has 0 aromatic heterocycles. The summed E-state index contributed by atoms with van der Waals surface area (Å²) in [5.41, 5.74) is 0. The van der Waals surface area contributed by atoms with Crippen molar-refractivity contribution in [2.24, 2.45) is 0 Å². The normalized spacial score (nSPS) is 18.9. The van der Waals surface area contributed by atoms with Crippen LogP contribution in [0.4, 0.5) is 0 Å². The van der Waals surface area contributed by atoms with Crippen LogP contribution in [0.1, 0.15) is 19.8 Å². The Morgan fingerprint density at radius 1 is 1.58 bits per heavy atom. The second kappa shape index (κ2) is 4.09. The summed E-state index contributed by atoms with van der Waals surface area (Å²) >= 11 is 0. The number of rotatable bonds is 2. The van der Waals surface area contributed by atoms with Gasteiger partial charge in [0.1, 0.15) is 6.10 Å². The molecule has 1 fully saturated rings. The zero-order valence-corrected chi connectivity index (χ0v) is 7.25. The average Bonchev–Trinajstić information content (AvgIpc) is 2.06. The van der Waals surface area contributed by atoms with Crippen LogP contribution < -0.4 is 0 Å². The Bertz CT molecular complexity index is 174. The molecule has 0 aromatic rings. The highest BCUT2D eigenvalue weighted by Crippen LogP contribution is 2.12. The van der Waals surface area contributed by atoms with E-state index in [2.05, 4.69) is 0 Å². The predicted octanol–water partition coefficient (Wildman–Crippen LogP) is 0.621. The maximum atomic E-state index is 10.0. The molecule has 4 nitrogen and oxygen atoms in total. The maximum Gasteiger partial charge on any atom is 0.293 e. The molecular formula is C8H14N2O2. The molecule has 1 saturated heterocycles. The van der Waals surface area contributed by atoms with Crippen molar-refractivity contribution in [1.29, 1.82) is 5.41 Å². The summed E-state index contributed by atoms with van der Waals surface area (Å²) in [6.45, 7) is 3.94. The van der Waals surface area contributed by atoms with Crippen LogP contribution >= 0.6 is 0 Å². The number of piperidine rings is 1. The van der Waals surface area contributed by atoms with E-state index in [4.69, 9.17) is 10.1 Å². The lowest BCUT2D eigenvalue weighted by atomic mass is 10.1. The van der Waals surface area contributed by atoms with E-state index >= 15 is 0 Å². The Labute approximate surface area is 72.0 Å². The molecule has 4 heteroatoms. The van der Waals surface area contributed by atoms with Crippen molar-refractivity contribution in [2.45, 2.75) is 25.9 Å². The van der Waals surface area contributed by atoms with Gasteiger partial charge in [0.25, 0.3) is 6.47 Å². The monoisotopic (exact) mass is 170 g/mol. The van der Waals surface area contributed by atoms with Crippen LogP contribution in [0, 0.1) is 5.41 Å². The quantitative estimate of drug-likeness (QED) is 0.375. The molecule has 0 aliphatic carbocycles. The summed E-state index contributed by atoms with van der Waals surface area (Å²) in [5, 5.41) is 7.37. The third-order valence-corrected chi connectivity index (χ3v) is 2.16. The average molecular weight is 170 g/mol. The van der Waals surface area contributed by atoms with Crippen molar-refractivity contribution in [3.63, 3.8) is 0 Å². The van der Waals surface area contributed by atoms with Crippen LogP contribution in [0.3, 0.4) is 0 Å². The van der Waals surface area contributed by atoms with Gasteiger partial charge in [0, 0.05) is 25.9 Å². The lowest BCUT2D eigenvalue weighted by Crippen LogP contribution is -2.39. The lowest BCUT2D eigenvalue weighted by Gasteiger charge is -2.31. The first-order chi connectivity index (χ1) is 5.74. The molecule has 0 unspecified atom stereocenters. The Hall–Kier alpha value is -1.06. The van der Waals surface area contributed by atoms with Crippen molar-refractivity contribution in [1.82, 2.24) is 4.90 Å². The molecule has 0 amide bonds. The maximum absolute atomic E-state index is 10.0. The molecule has 0 saturated carbocycles. The van der Waals surface area contributed by atoms with Crippen LogP contribution in [0.15, 0.2) is 0 Å². The SMILES string of the molecule is CC(=N)N1CCC(OC=O)CC1. The number of nitrogens with one attached hydrogen (secondary N) is 1. The van der Waals surface area contributed by atoms with E-state index < -0.39 is 0 Å². The van der Waals surface area contributed by atoms with Gasteiger partial charge in [-0.25, -0.2) is 0 Å². The highest BCUT2D eigenvalue weighted by molar-refractivity contribution is 5.76. The fraction of sp³-hybridized carbons (Fsp3) is 0.750. The second-order valence-electron chi connectivity index (χ2n) is 3.00. The second-order valence-corrected chi connectivity index (χ2v) is 3.00. The molecule has 0 radical (unpaired) electrons. The number of hydrogen-bond donors (Lipinski definition) is 1. The smallest absolute Gasteiger partial charge is 0.293 e. The van der Waals surface area contributed by atoms with Gasteiger partial charge in [-0.15, -0.1) is 0 Å². The highest BCUT2D eigenvalue weighted by atomic mass is 16.5. The van der Waals surface area contributed by atoms with E-state index in [1.807, 2.05) is 4.90 Å². The molecule has 1 heterocycles. The van der Waals surface area contributed by atoms with Crippen molar-refractivity contribution in [3.05, 3.63) is 0 Å². The molecule has 1 aliphatic heterocycles.